The van der Waals surface area contributed by atoms with E-state index in [1.165, 1.54) is 12.1 Å². The van der Waals surface area contributed by atoms with Crippen LogP contribution in [0.25, 0.3) is 11.3 Å². The van der Waals surface area contributed by atoms with E-state index in [1.54, 1.807) is 10.7 Å². The smallest absolute Gasteiger partial charge is 0.123 e. The van der Waals surface area contributed by atoms with Gasteiger partial charge in [0.05, 0.1) is 11.4 Å². The average Bonchev–Trinajstić information content (AvgIpc) is 2.70. The molecule has 17 heavy (non-hydrogen) atoms. The molecule has 2 rings (SSSR count). The molecule has 4 heteroatoms. The number of nitrogens with zero attached hydrogens (tertiary/aromatic N) is 2. The van der Waals surface area contributed by atoms with Gasteiger partial charge >= 0.3 is 0 Å². The van der Waals surface area contributed by atoms with Gasteiger partial charge in [-0.15, -0.1) is 0 Å². The summed E-state index contributed by atoms with van der Waals surface area (Å²) in [5, 5.41) is 7.55. The summed E-state index contributed by atoms with van der Waals surface area (Å²) in [4.78, 5) is 0. The third-order valence-electron chi connectivity index (χ3n) is 2.90. The molecule has 0 amide bonds. The molecule has 1 heterocycles. The first-order chi connectivity index (χ1) is 8.11. The number of aryl methyl sites for hydroxylation is 1. The lowest BCUT2D eigenvalue weighted by Gasteiger charge is -2.04. The molecule has 0 saturated heterocycles. The van der Waals surface area contributed by atoms with E-state index >= 15 is 0 Å². The molecular weight excluding hydrogens is 217 g/mol. The lowest BCUT2D eigenvalue weighted by Crippen LogP contribution is -2.13. The molecule has 0 fully saturated rings. The van der Waals surface area contributed by atoms with Crippen LogP contribution >= 0.6 is 0 Å². The second-order valence-corrected chi connectivity index (χ2v) is 4.10. The van der Waals surface area contributed by atoms with Crippen molar-refractivity contribution in [2.45, 2.75) is 13.0 Å². The molecule has 0 aliphatic carbocycles. The Morgan fingerprint density at radius 1 is 1.35 bits per heavy atom. The van der Waals surface area contributed by atoms with Gasteiger partial charge < -0.3 is 5.32 Å². The van der Waals surface area contributed by atoms with Gasteiger partial charge in [-0.1, -0.05) is 12.1 Å². The molecular formula is C13H16FN3. The molecule has 0 aliphatic heterocycles. The molecule has 1 aromatic heterocycles. The summed E-state index contributed by atoms with van der Waals surface area (Å²) in [5.74, 6) is -0.230. The fourth-order valence-electron chi connectivity index (χ4n) is 1.77. The van der Waals surface area contributed by atoms with Crippen LogP contribution in [0.1, 0.15) is 18.7 Å². The van der Waals surface area contributed by atoms with Crippen LogP contribution in [0.3, 0.4) is 0 Å². The Balaban J connectivity index is 2.42. The third kappa shape index (κ3) is 2.36. The quantitative estimate of drug-likeness (QED) is 0.882. The lowest BCUT2D eigenvalue weighted by molar-refractivity contribution is 0.612. The van der Waals surface area contributed by atoms with Crippen molar-refractivity contribution in [1.82, 2.24) is 15.1 Å². The number of halogens is 1. The number of nitrogens with one attached hydrogen (secondary N) is 1. The molecule has 1 unspecified atom stereocenters. The van der Waals surface area contributed by atoms with Crippen LogP contribution in [0.2, 0.25) is 0 Å². The van der Waals surface area contributed by atoms with Crippen molar-refractivity contribution in [3.05, 3.63) is 41.8 Å². The first-order valence-corrected chi connectivity index (χ1v) is 5.59. The van der Waals surface area contributed by atoms with E-state index in [9.17, 15) is 4.39 Å². The van der Waals surface area contributed by atoms with Crippen molar-refractivity contribution in [3.63, 3.8) is 0 Å². The zero-order chi connectivity index (χ0) is 12.4. The van der Waals surface area contributed by atoms with E-state index in [1.807, 2.05) is 33.2 Å². The lowest BCUT2D eigenvalue weighted by atomic mass is 10.1. The highest BCUT2D eigenvalue weighted by Crippen LogP contribution is 2.22. The summed E-state index contributed by atoms with van der Waals surface area (Å²) in [6, 6.07) is 8.72. The zero-order valence-electron chi connectivity index (χ0n) is 10.2. The van der Waals surface area contributed by atoms with Crippen LogP contribution in [-0.4, -0.2) is 16.8 Å². The predicted octanol–water partition coefficient (Wildman–Crippen LogP) is 2.51. The monoisotopic (exact) mass is 233 g/mol. The fourth-order valence-corrected chi connectivity index (χ4v) is 1.77. The van der Waals surface area contributed by atoms with E-state index in [4.69, 9.17) is 0 Å². The summed E-state index contributed by atoms with van der Waals surface area (Å²) in [5.41, 5.74) is 2.71. The van der Waals surface area contributed by atoms with Crippen molar-refractivity contribution in [2.24, 2.45) is 7.05 Å². The second-order valence-electron chi connectivity index (χ2n) is 4.10. The van der Waals surface area contributed by atoms with Gasteiger partial charge in [-0.05, 0) is 32.2 Å². The molecule has 90 valence electrons. The fraction of sp³-hybridized carbons (Fsp3) is 0.308. The van der Waals surface area contributed by atoms with Crippen molar-refractivity contribution >= 4 is 0 Å². The average molecular weight is 233 g/mol. The van der Waals surface area contributed by atoms with E-state index in [0.29, 0.717) is 0 Å². The summed E-state index contributed by atoms with van der Waals surface area (Å²) < 4.78 is 14.9. The number of hydrogen-bond donors (Lipinski definition) is 1. The van der Waals surface area contributed by atoms with Crippen molar-refractivity contribution < 1.29 is 4.39 Å². The molecule has 2 aromatic rings. The molecule has 1 N–H and O–H groups in total. The van der Waals surface area contributed by atoms with Crippen molar-refractivity contribution in [2.75, 3.05) is 7.05 Å². The van der Waals surface area contributed by atoms with Crippen molar-refractivity contribution in [1.29, 1.82) is 0 Å². The highest BCUT2D eigenvalue weighted by molar-refractivity contribution is 5.60. The first kappa shape index (κ1) is 11.8. The van der Waals surface area contributed by atoms with E-state index < -0.39 is 0 Å². The van der Waals surface area contributed by atoms with Gasteiger partial charge in [0.2, 0.25) is 0 Å². The zero-order valence-corrected chi connectivity index (χ0v) is 10.2. The highest BCUT2D eigenvalue weighted by atomic mass is 19.1. The van der Waals surface area contributed by atoms with E-state index in [-0.39, 0.29) is 11.9 Å². The van der Waals surface area contributed by atoms with Crippen LogP contribution < -0.4 is 5.32 Å². The van der Waals surface area contributed by atoms with Crippen LogP contribution in [0.5, 0.6) is 0 Å². The molecule has 0 radical (unpaired) electrons. The molecule has 1 atom stereocenters. The molecule has 3 nitrogen and oxygen atoms in total. The molecule has 1 aromatic carbocycles. The van der Waals surface area contributed by atoms with Crippen LogP contribution in [0.4, 0.5) is 4.39 Å². The van der Waals surface area contributed by atoms with Gasteiger partial charge in [-0.3, -0.25) is 4.68 Å². The Hall–Kier alpha value is -1.68. The van der Waals surface area contributed by atoms with Gasteiger partial charge in [0.15, 0.2) is 0 Å². The molecule has 0 spiro atoms. The Morgan fingerprint density at radius 3 is 2.76 bits per heavy atom. The van der Waals surface area contributed by atoms with Crippen LogP contribution in [-0.2, 0) is 7.05 Å². The van der Waals surface area contributed by atoms with Crippen LogP contribution in [0, 0.1) is 5.82 Å². The highest BCUT2D eigenvalue weighted by Gasteiger charge is 2.11. The number of hydrogen-bond acceptors (Lipinski definition) is 2. The van der Waals surface area contributed by atoms with Gasteiger partial charge in [0.25, 0.3) is 0 Å². The van der Waals surface area contributed by atoms with Gasteiger partial charge in [-0.25, -0.2) is 4.39 Å². The Morgan fingerprint density at radius 2 is 2.12 bits per heavy atom. The minimum atomic E-state index is -0.230. The Labute approximate surface area is 100 Å². The summed E-state index contributed by atoms with van der Waals surface area (Å²) in [7, 11) is 3.76. The summed E-state index contributed by atoms with van der Waals surface area (Å²) >= 11 is 0. The first-order valence-electron chi connectivity index (χ1n) is 5.59. The standard InChI is InChI=1S/C13H16FN3/c1-9(15-2)12-8-13(17(3)16-12)10-5-4-6-11(14)7-10/h4-9,15H,1-3H3. The predicted molar refractivity (Wildman–Crippen MR) is 66.1 cm³/mol. The maximum Gasteiger partial charge on any atom is 0.123 e. The van der Waals surface area contributed by atoms with Gasteiger partial charge in [0, 0.05) is 18.7 Å². The Kier molecular flexibility index (Phi) is 3.24. The maximum atomic E-state index is 13.2. The summed E-state index contributed by atoms with van der Waals surface area (Å²) in [6.07, 6.45) is 0. The van der Waals surface area contributed by atoms with Crippen molar-refractivity contribution in [3.8, 4) is 11.3 Å². The molecule has 0 saturated carbocycles. The summed E-state index contributed by atoms with van der Waals surface area (Å²) in [6.45, 7) is 2.04. The Bertz CT molecular complexity index is 519. The number of aromatic nitrogens is 2. The van der Waals surface area contributed by atoms with E-state index in [2.05, 4.69) is 10.4 Å². The topological polar surface area (TPSA) is 29.9 Å². The number of benzene rings is 1. The molecule has 0 bridgehead atoms. The normalized spacial score (nSPS) is 12.7. The maximum absolute atomic E-state index is 13.2. The van der Waals surface area contributed by atoms with Gasteiger partial charge in [-0.2, -0.15) is 5.10 Å². The van der Waals surface area contributed by atoms with Gasteiger partial charge in [0.1, 0.15) is 5.82 Å². The molecule has 0 aliphatic rings. The minimum Gasteiger partial charge on any atom is -0.312 e. The van der Waals surface area contributed by atoms with Crippen LogP contribution in [0.15, 0.2) is 30.3 Å². The largest absolute Gasteiger partial charge is 0.312 e. The number of rotatable bonds is 3. The third-order valence-corrected chi connectivity index (χ3v) is 2.90. The van der Waals surface area contributed by atoms with E-state index in [0.717, 1.165) is 17.0 Å². The SMILES string of the molecule is CNC(C)c1cc(-c2cccc(F)c2)n(C)n1. The minimum absolute atomic E-state index is 0.184. The second kappa shape index (κ2) is 4.67.